The first-order valence-electron chi connectivity index (χ1n) is 12.7. The molecule has 1 fully saturated rings. The molecule has 40 heavy (non-hydrogen) atoms. The van der Waals surface area contributed by atoms with Gasteiger partial charge < -0.3 is 14.2 Å². The van der Waals surface area contributed by atoms with E-state index in [1.807, 2.05) is 36.4 Å². The Morgan fingerprint density at radius 3 is 2.27 bits per heavy atom. The molecule has 0 spiro atoms. The maximum atomic E-state index is 13.5. The molecule has 5 rings (SSSR count). The Kier molecular flexibility index (Phi) is 7.76. The monoisotopic (exact) mass is 562 g/mol. The number of methoxy groups -OCH3 is 3. The molecule has 3 aromatic carbocycles. The molecule has 1 N–H and O–H groups in total. The van der Waals surface area contributed by atoms with E-state index >= 15 is 0 Å². The van der Waals surface area contributed by atoms with Crippen molar-refractivity contribution >= 4 is 21.9 Å². The van der Waals surface area contributed by atoms with Gasteiger partial charge in [0.05, 0.1) is 44.2 Å². The lowest BCUT2D eigenvalue weighted by Gasteiger charge is -2.21. The second-order valence-electron chi connectivity index (χ2n) is 9.23. The van der Waals surface area contributed by atoms with Crippen molar-refractivity contribution in [2.75, 3.05) is 33.2 Å². The average Bonchev–Trinajstić information content (AvgIpc) is 3.74. The van der Waals surface area contributed by atoms with E-state index in [0.717, 1.165) is 5.56 Å². The van der Waals surface area contributed by atoms with Crippen molar-refractivity contribution < 1.29 is 27.4 Å². The van der Waals surface area contributed by atoms with E-state index in [-0.39, 0.29) is 23.4 Å². The summed E-state index contributed by atoms with van der Waals surface area (Å²) in [5.41, 5.74) is 2.17. The van der Waals surface area contributed by atoms with E-state index in [9.17, 15) is 13.2 Å². The van der Waals surface area contributed by atoms with Gasteiger partial charge in [0.25, 0.3) is 0 Å². The number of nitrogens with one attached hydrogen (secondary N) is 1. The maximum Gasteiger partial charge on any atom is 0.243 e. The zero-order chi connectivity index (χ0) is 28.3. The summed E-state index contributed by atoms with van der Waals surface area (Å²) < 4.78 is 45.9. The maximum absolute atomic E-state index is 13.5. The first-order valence-corrected chi connectivity index (χ1v) is 14.1. The number of benzene rings is 3. The van der Waals surface area contributed by atoms with Gasteiger partial charge in [-0.1, -0.05) is 30.3 Å². The van der Waals surface area contributed by atoms with Crippen LogP contribution in [0.5, 0.6) is 17.2 Å². The Morgan fingerprint density at radius 1 is 0.950 bits per heavy atom. The number of imidazole rings is 1. The molecule has 1 saturated carbocycles. The molecule has 0 bridgehead atoms. The minimum Gasteiger partial charge on any atom is -0.497 e. The third kappa shape index (κ3) is 5.65. The van der Waals surface area contributed by atoms with Gasteiger partial charge in [-0.05, 0) is 49.2 Å². The summed E-state index contributed by atoms with van der Waals surface area (Å²) in [5, 5.41) is 2.83. The SMILES string of the molecule is COc1ccc(S(=O)(=O)N(CC(=O)Nc2nc(-c3ccccc3)cn2-c2ccc(OC)c(OC)c2)C2CC2)cc1. The standard InChI is InChI=1S/C29H30N4O6S/c1-37-23-12-14-24(15-13-23)40(35,36)33(21-9-10-21)19-28(34)31-29-30-25(20-7-5-4-6-8-20)18-32(29)22-11-16-26(38-2)27(17-22)39-3/h4-8,11-18,21H,9-10,19H2,1-3H3,(H,30,31,34). The van der Waals surface area contributed by atoms with Gasteiger partial charge in [0.2, 0.25) is 21.9 Å². The number of anilines is 1. The van der Waals surface area contributed by atoms with Gasteiger partial charge in [0, 0.05) is 23.9 Å². The molecule has 1 aromatic heterocycles. The predicted molar refractivity (Wildman–Crippen MR) is 151 cm³/mol. The van der Waals surface area contributed by atoms with Crippen LogP contribution >= 0.6 is 0 Å². The molecule has 0 unspecified atom stereocenters. The van der Waals surface area contributed by atoms with Gasteiger partial charge in [-0.3, -0.25) is 14.7 Å². The highest BCUT2D eigenvalue weighted by atomic mass is 32.2. The number of aromatic nitrogens is 2. The molecule has 0 saturated heterocycles. The molecule has 4 aromatic rings. The fraction of sp³-hybridized carbons (Fsp3) is 0.241. The topological polar surface area (TPSA) is 112 Å². The van der Waals surface area contributed by atoms with Crippen LogP contribution in [0.2, 0.25) is 0 Å². The Morgan fingerprint density at radius 2 is 1.65 bits per heavy atom. The molecule has 0 atom stereocenters. The molecule has 1 aliphatic carbocycles. The first kappa shape index (κ1) is 27.2. The highest BCUT2D eigenvalue weighted by Gasteiger charge is 2.39. The van der Waals surface area contributed by atoms with E-state index in [4.69, 9.17) is 14.2 Å². The zero-order valence-electron chi connectivity index (χ0n) is 22.4. The van der Waals surface area contributed by atoms with Crippen LogP contribution in [-0.4, -0.2) is 62.1 Å². The lowest BCUT2D eigenvalue weighted by molar-refractivity contribution is -0.116. The quantitative estimate of drug-likeness (QED) is 0.289. The molecule has 10 nitrogen and oxygen atoms in total. The van der Waals surface area contributed by atoms with Crippen LogP contribution in [0.3, 0.4) is 0 Å². The number of sulfonamides is 1. The van der Waals surface area contributed by atoms with E-state index in [0.29, 0.717) is 41.5 Å². The molecular weight excluding hydrogens is 532 g/mol. The minimum absolute atomic E-state index is 0.103. The van der Waals surface area contributed by atoms with Crippen molar-refractivity contribution in [3.05, 3.63) is 79.0 Å². The van der Waals surface area contributed by atoms with Crippen LogP contribution < -0.4 is 19.5 Å². The number of carbonyl (C=O) groups excluding carboxylic acids is 1. The molecule has 1 amide bonds. The zero-order valence-corrected chi connectivity index (χ0v) is 23.2. The predicted octanol–water partition coefficient (Wildman–Crippen LogP) is 4.36. The Bertz CT molecular complexity index is 1600. The number of carbonyl (C=O) groups is 1. The highest BCUT2D eigenvalue weighted by Crippen LogP contribution is 2.34. The molecular formula is C29H30N4O6S. The second-order valence-corrected chi connectivity index (χ2v) is 11.1. The van der Waals surface area contributed by atoms with Crippen molar-refractivity contribution in [1.82, 2.24) is 13.9 Å². The first-order chi connectivity index (χ1) is 19.3. The molecule has 0 radical (unpaired) electrons. The lowest BCUT2D eigenvalue weighted by atomic mass is 10.2. The van der Waals surface area contributed by atoms with Crippen LogP contribution in [0.15, 0.2) is 83.9 Å². The third-order valence-electron chi connectivity index (χ3n) is 6.59. The van der Waals surface area contributed by atoms with E-state index in [1.165, 1.54) is 23.5 Å². The third-order valence-corrected chi connectivity index (χ3v) is 8.50. The molecule has 0 aliphatic heterocycles. The number of hydrogen-bond donors (Lipinski definition) is 1. The van der Waals surface area contributed by atoms with Gasteiger partial charge in [-0.15, -0.1) is 0 Å². The van der Waals surface area contributed by atoms with Gasteiger partial charge in [0.15, 0.2) is 11.5 Å². The summed E-state index contributed by atoms with van der Waals surface area (Å²) in [6, 6.07) is 20.8. The van der Waals surface area contributed by atoms with Crippen LogP contribution in [-0.2, 0) is 14.8 Å². The number of rotatable bonds is 11. The lowest BCUT2D eigenvalue weighted by Crippen LogP contribution is -2.39. The van der Waals surface area contributed by atoms with E-state index < -0.39 is 15.9 Å². The highest BCUT2D eigenvalue weighted by molar-refractivity contribution is 7.89. The number of hydrogen-bond acceptors (Lipinski definition) is 7. The van der Waals surface area contributed by atoms with Crippen molar-refractivity contribution in [2.24, 2.45) is 0 Å². The summed E-state index contributed by atoms with van der Waals surface area (Å²) in [6.45, 7) is -0.349. The average molecular weight is 563 g/mol. The van der Waals surface area contributed by atoms with Gasteiger partial charge in [-0.2, -0.15) is 4.31 Å². The molecule has 11 heteroatoms. The largest absolute Gasteiger partial charge is 0.497 e. The van der Waals surface area contributed by atoms with Crippen molar-refractivity contribution in [3.63, 3.8) is 0 Å². The summed E-state index contributed by atoms with van der Waals surface area (Å²) in [7, 11) is 0.706. The van der Waals surface area contributed by atoms with Crippen molar-refractivity contribution in [2.45, 2.75) is 23.8 Å². The number of nitrogens with zero attached hydrogens (tertiary/aromatic N) is 3. The van der Waals surface area contributed by atoms with Crippen molar-refractivity contribution in [1.29, 1.82) is 0 Å². The fourth-order valence-electron chi connectivity index (χ4n) is 4.35. The van der Waals surface area contributed by atoms with Gasteiger partial charge in [-0.25, -0.2) is 13.4 Å². The van der Waals surface area contributed by atoms with Crippen LogP contribution in [0.25, 0.3) is 16.9 Å². The summed E-state index contributed by atoms with van der Waals surface area (Å²) in [5.74, 6) is 1.36. The van der Waals surface area contributed by atoms with Gasteiger partial charge in [0.1, 0.15) is 5.75 Å². The van der Waals surface area contributed by atoms with Crippen LogP contribution in [0, 0.1) is 0 Å². The summed E-state index contributed by atoms with van der Waals surface area (Å²) in [6.07, 6.45) is 3.20. The Labute approximate surface area is 233 Å². The summed E-state index contributed by atoms with van der Waals surface area (Å²) >= 11 is 0. The van der Waals surface area contributed by atoms with E-state index in [1.54, 1.807) is 49.2 Å². The smallest absolute Gasteiger partial charge is 0.243 e. The molecule has 208 valence electrons. The van der Waals surface area contributed by atoms with E-state index in [2.05, 4.69) is 10.3 Å². The van der Waals surface area contributed by atoms with Crippen molar-refractivity contribution in [3.8, 4) is 34.2 Å². The number of ether oxygens (including phenoxy) is 3. The molecule has 1 aliphatic rings. The summed E-state index contributed by atoms with van der Waals surface area (Å²) in [4.78, 5) is 18.1. The van der Waals surface area contributed by atoms with Crippen LogP contribution in [0.1, 0.15) is 12.8 Å². The second kappa shape index (κ2) is 11.4. The molecule has 1 heterocycles. The van der Waals surface area contributed by atoms with Gasteiger partial charge >= 0.3 is 0 Å². The van der Waals surface area contributed by atoms with Crippen LogP contribution in [0.4, 0.5) is 5.95 Å². The Balaban J connectivity index is 1.45. The normalized spacial score (nSPS) is 13.2. The number of amides is 1. The minimum atomic E-state index is -3.91. The Hall–Kier alpha value is -4.35. The fourth-order valence-corrected chi connectivity index (χ4v) is 5.99.